The number of aliphatic hydroxyl groups excluding tert-OH is 1. The molecule has 1 atom stereocenters. The van der Waals surface area contributed by atoms with Crippen LogP contribution < -0.4 is 5.43 Å². The van der Waals surface area contributed by atoms with Gasteiger partial charge in [0.25, 0.3) is 0 Å². The number of nitrogens with one attached hydrogen (secondary N) is 1. The largest absolute Gasteiger partial charge is 0.396 e. The number of hydrogen-bond donors (Lipinski definition) is 2. The second-order valence-electron chi connectivity index (χ2n) is 2.71. The molecule has 11 heavy (non-hydrogen) atoms. The molecule has 0 bridgehead atoms. The molecule has 0 amide bonds. The van der Waals surface area contributed by atoms with Crippen LogP contribution in [0.2, 0.25) is 0 Å². The van der Waals surface area contributed by atoms with Crippen molar-refractivity contribution in [2.45, 2.75) is 33.2 Å². The molecule has 0 fully saturated rings. The summed E-state index contributed by atoms with van der Waals surface area (Å²) in [6.45, 7) is 8.58. The van der Waals surface area contributed by atoms with Gasteiger partial charge >= 0.3 is 0 Å². The van der Waals surface area contributed by atoms with Crippen molar-refractivity contribution in [2.75, 3.05) is 19.7 Å². The molecular weight excluding hydrogens is 140 g/mol. The fourth-order valence-corrected chi connectivity index (χ4v) is 0.976. The van der Waals surface area contributed by atoms with Crippen molar-refractivity contribution in [3.8, 4) is 0 Å². The monoisotopic (exact) mass is 160 g/mol. The molecule has 0 spiro atoms. The van der Waals surface area contributed by atoms with Crippen LogP contribution in [0.5, 0.6) is 0 Å². The summed E-state index contributed by atoms with van der Waals surface area (Å²) in [4.78, 5) is 0. The summed E-state index contributed by atoms with van der Waals surface area (Å²) in [7, 11) is 0. The second kappa shape index (κ2) is 6.58. The van der Waals surface area contributed by atoms with E-state index < -0.39 is 0 Å². The average Bonchev–Trinajstić information content (AvgIpc) is 2.01. The molecule has 3 nitrogen and oxygen atoms in total. The van der Waals surface area contributed by atoms with Crippen molar-refractivity contribution in [2.24, 2.45) is 0 Å². The SMILES string of the molecule is CCN(CC)NC(C)CCO. The number of rotatable bonds is 6. The van der Waals surface area contributed by atoms with Crippen molar-refractivity contribution in [3.63, 3.8) is 0 Å². The fourth-order valence-electron chi connectivity index (χ4n) is 0.976. The minimum absolute atomic E-state index is 0.259. The van der Waals surface area contributed by atoms with E-state index in [0.717, 1.165) is 19.5 Å². The molecule has 0 aromatic heterocycles. The maximum absolute atomic E-state index is 8.64. The first-order valence-corrected chi connectivity index (χ1v) is 4.36. The molecule has 1 unspecified atom stereocenters. The fraction of sp³-hybridized carbons (Fsp3) is 1.00. The Morgan fingerprint density at radius 2 is 1.91 bits per heavy atom. The highest BCUT2D eigenvalue weighted by atomic mass is 16.3. The predicted octanol–water partition coefficient (Wildman–Crippen LogP) is 0.604. The lowest BCUT2D eigenvalue weighted by Gasteiger charge is -2.23. The number of nitrogens with zero attached hydrogens (tertiary/aromatic N) is 1. The highest BCUT2D eigenvalue weighted by Gasteiger charge is 2.03. The molecule has 0 rings (SSSR count). The summed E-state index contributed by atoms with van der Waals surface area (Å²) in [5, 5.41) is 10.8. The predicted molar refractivity (Wildman–Crippen MR) is 47.2 cm³/mol. The molecule has 0 aromatic carbocycles. The van der Waals surface area contributed by atoms with Crippen LogP contribution in [-0.4, -0.2) is 35.9 Å². The highest BCUT2D eigenvalue weighted by Crippen LogP contribution is 1.90. The van der Waals surface area contributed by atoms with Crippen molar-refractivity contribution in [1.82, 2.24) is 10.4 Å². The van der Waals surface area contributed by atoms with Crippen LogP contribution in [0.3, 0.4) is 0 Å². The highest BCUT2D eigenvalue weighted by molar-refractivity contribution is 4.57. The normalized spacial score (nSPS) is 13.9. The molecule has 0 aliphatic carbocycles. The van der Waals surface area contributed by atoms with Gasteiger partial charge in [0.05, 0.1) is 0 Å². The van der Waals surface area contributed by atoms with Crippen molar-refractivity contribution < 1.29 is 5.11 Å². The van der Waals surface area contributed by atoms with Gasteiger partial charge in [0, 0.05) is 25.7 Å². The third-order valence-electron chi connectivity index (χ3n) is 1.73. The molecular formula is C8H20N2O. The zero-order valence-corrected chi connectivity index (χ0v) is 7.80. The van der Waals surface area contributed by atoms with Crippen molar-refractivity contribution in [1.29, 1.82) is 0 Å². The first-order chi connectivity index (χ1) is 5.24. The Hall–Kier alpha value is -0.120. The molecule has 0 aliphatic rings. The molecule has 0 aliphatic heterocycles. The minimum atomic E-state index is 0.259. The third kappa shape index (κ3) is 5.18. The summed E-state index contributed by atoms with van der Waals surface area (Å²) in [5.74, 6) is 0. The van der Waals surface area contributed by atoms with Crippen LogP contribution in [0.15, 0.2) is 0 Å². The molecule has 0 saturated heterocycles. The van der Waals surface area contributed by atoms with Crippen LogP contribution in [0.1, 0.15) is 27.2 Å². The van der Waals surface area contributed by atoms with Gasteiger partial charge < -0.3 is 5.11 Å². The van der Waals surface area contributed by atoms with E-state index in [1.165, 1.54) is 0 Å². The van der Waals surface area contributed by atoms with Crippen molar-refractivity contribution >= 4 is 0 Å². The molecule has 68 valence electrons. The summed E-state index contributed by atoms with van der Waals surface area (Å²) >= 11 is 0. The lowest BCUT2D eigenvalue weighted by atomic mass is 10.3. The lowest BCUT2D eigenvalue weighted by molar-refractivity contribution is 0.160. The van der Waals surface area contributed by atoms with Crippen LogP contribution in [0.4, 0.5) is 0 Å². The zero-order valence-electron chi connectivity index (χ0n) is 7.80. The van der Waals surface area contributed by atoms with Gasteiger partial charge in [-0.05, 0) is 13.3 Å². The number of aliphatic hydroxyl groups is 1. The second-order valence-corrected chi connectivity index (χ2v) is 2.71. The van der Waals surface area contributed by atoms with Gasteiger partial charge in [-0.25, -0.2) is 5.01 Å². The molecule has 3 heteroatoms. The zero-order chi connectivity index (χ0) is 8.69. The van der Waals surface area contributed by atoms with Crippen molar-refractivity contribution in [3.05, 3.63) is 0 Å². The molecule has 2 N–H and O–H groups in total. The Morgan fingerprint density at radius 3 is 2.27 bits per heavy atom. The summed E-state index contributed by atoms with van der Waals surface area (Å²) in [6, 6.07) is 0.375. The van der Waals surface area contributed by atoms with E-state index in [4.69, 9.17) is 5.11 Å². The molecule has 0 saturated carbocycles. The van der Waals surface area contributed by atoms with Gasteiger partial charge in [-0.3, -0.25) is 5.43 Å². The summed E-state index contributed by atoms with van der Waals surface area (Å²) in [6.07, 6.45) is 0.816. The smallest absolute Gasteiger partial charge is 0.0446 e. The first-order valence-electron chi connectivity index (χ1n) is 4.36. The lowest BCUT2D eigenvalue weighted by Crippen LogP contribution is -2.43. The van der Waals surface area contributed by atoms with E-state index in [9.17, 15) is 0 Å². The molecule has 0 heterocycles. The van der Waals surface area contributed by atoms with Crippen LogP contribution in [-0.2, 0) is 0 Å². The van der Waals surface area contributed by atoms with E-state index in [-0.39, 0.29) is 6.61 Å². The maximum Gasteiger partial charge on any atom is 0.0446 e. The van der Waals surface area contributed by atoms with Gasteiger partial charge in [-0.2, -0.15) is 0 Å². The van der Waals surface area contributed by atoms with E-state index in [1.54, 1.807) is 0 Å². The van der Waals surface area contributed by atoms with Crippen LogP contribution in [0.25, 0.3) is 0 Å². The quantitative estimate of drug-likeness (QED) is 0.559. The van der Waals surface area contributed by atoms with Crippen LogP contribution in [0, 0.1) is 0 Å². The Kier molecular flexibility index (Phi) is 6.51. The molecule has 0 radical (unpaired) electrons. The Morgan fingerprint density at radius 1 is 1.36 bits per heavy atom. The Balaban J connectivity index is 3.44. The summed E-state index contributed by atoms with van der Waals surface area (Å²) in [5.41, 5.74) is 3.29. The first kappa shape index (κ1) is 10.9. The summed E-state index contributed by atoms with van der Waals surface area (Å²) < 4.78 is 0. The van der Waals surface area contributed by atoms with E-state index in [1.807, 2.05) is 0 Å². The van der Waals surface area contributed by atoms with Gasteiger partial charge in [0.15, 0.2) is 0 Å². The topological polar surface area (TPSA) is 35.5 Å². The van der Waals surface area contributed by atoms with Crippen LogP contribution >= 0.6 is 0 Å². The third-order valence-corrected chi connectivity index (χ3v) is 1.73. The Bertz CT molecular complexity index is 84.2. The van der Waals surface area contributed by atoms with E-state index in [2.05, 4.69) is 31.2 Å². The van der Waals surface area contributed by atoms with Gasteiger partial charge in [-0.15, -0.1) is 0 Å². The van der Waals surface area contributed by atoms with Gasteiger partial charge in [0.1, 0.15) is 0 Å². The minimum Gasteiger partial charge on any atom is -0.396 e. The average molecular weight is 160 g/mol. The van der Waals surface area contributed by atoms with E-state index in [0.29, 0.717) is 6.04 Å². The van der Waals surface area contributed by atoms with Gasteiger partial charge in [-0.1, -0.05) is 13.8 Å². The molecule has 0 aromatic rings. The maximum atomic E-state index is 8.64. The van der Waals surface area contributed by atoms with E-state index >= 15 is 0 Å². The number of hydrogen-bond acceptors (Lipinski definition) is 3. The Labute approximate surface area is 69.4 Å². The van der Waals surface area contributed by atoms with Gasteiger partial charge in [0.2, 0.25) is 0 Å². The standard InChI is InChI=1S/C8H20N2O/c1-4-10(5-2)9-8(3)6-7-11/h8-9,11H,4-7H2,1-3H3. The number of hydrazine groups is 1.